The zero-order valence-electron chi connectivity index (χ0n) is 17.7. The van der Waals surface area contributed by atoms with Crippen molar-refractivity contribution >= 4 is 5.91 Å². The van der Waals surface area contributed by atoms with Crippen LogP contribution in [0.25, 0.3) is 0 Å². The van der Waals surface area contributed by atoms with E-state index in [-0.39, 0.29) is 18.1 Å². The lowest BCUT2D eigenvalue weighted by Crippen LogP contribution is -2.37. The van der Waals surface area contributed by atoms with Crippen molar-refractivity contribution in [2.75, 3.05) is 20.3 Å². The van der Waals surface area contributed by atoms with E-state index in [1.165, 1.54) is 12.8 Å². The SMILES string of the molecule is CCCCCOC1CC(C=CC(=O)NCCc2ccc(C#N)cc2)CCC1OC. The van der Waals surface area contributed by atoms with Crippen molar-refractivity contribution in [1.29, 1.82) is 5.26 Å². The first-order chi connectivity index (χ1) is 14.2. The van der Waals surface area contributed by atoms with Gasteiger partial charge >= 0.3 is 0 Å². The van der Waals surface area contributed by atoms with Crippen LogP contribution in [-0.4, -0.2) is 38.4 Å². The summed E-state index contributed by atoms with van der Waals surface area (Å²) in [4.78, 5) is 12.1. The number of methoxy groups -OCH3 is 1. The monoisotopic (exact) mass is 398 g/mol. The Morgan fingerprint density at radius 1 is 1.24 bits per heavy atom. The Bertz CT molecular complexity index is 678. The molecule has 1 amide bonds. The van der Waals surface area contributed by atoms with Crippen LogP contribution in [0.4, 0.5) is 0 Å². The van der Waals surface area contributed by atoms with E-state index in [2.05, 4.69) is 18.3 Å². The van der Waals surface area contributed by atoms with Gasteiger partial charge in [-0.25, -0.2) is 0 Å². The lowest BCUT2D eigenvalue weighted by atomic mass is 9.85. The Hall–Kier alpha value is -2.16. The third kappa shape index (κ3) is 8.39. The number of nitrogens with zero attached hydrogens (tertiary/aromatic N) is 1. The number of hydrogen-bond acceptors (Lipinski definition) is 4. The van der Waals surface area contributed by atoms with Crippen molar-refractivity contribution in [3.05, 3.63) is 47.5 Å². The molecule has 29 heavy (non-hydrogen) atoms. The molecule has 5 heteroatoms. The van der Waals surface area contributed by atoms with E-state index in [1.54, 1.807) is 25.3 Å². The van der Waals surface area contributed by atoms with E-state index in [0.717, 1.165) is 44.3 Å². The molecule has 0 saturated heterocycles. The summed E-state index contributed by atoms with van der Waals surface area (Å²) in [5.41, 5.74) is 1.76. The van der Waals surface area contributed by atoms with Crippen LogP contribution >= 0.6 is 0 Å². The van der Waals surface area contributed by atoms with Gasteiger partial charge in [0.15, 0.2) is 0 Å². The van der Waals surface area contributed by atoms with Crippen LogP contribution in [0.2, 0.25) is 0 Å². The number of allylic oxidation sites excluding steroid dienone is 1. The molecule has 3 unspecified atom stereocenters. The fraction of sp³-hybridized carbons (Fsp3) is 0.583. The van der Waals surface area contributed by atoms with E-state index < -0.39 is 0 Å². The second kappa shape index (κ2) is 13.1. The second-order valence-electron chi connectivity index (χ2n) is 7.67. The first-order valence-electron chi connectivity index (χ1n) is 10.8. The van der Waals surface area contributed by atoms with Gasteiger partial charge in [-0.05, 0) is 61.8 Å². The topological polar surface area (TPSA) is 71.3 Å². The molecule has 1 aromatic carbocycles. The van der Waals surface area contributed by atoms with Gasteiger partial charge in [-0.2, -0.15) is 5.26 Å². The number of nitrogens with one attached hydrogen (secondary N) is 1. The molecule has 1 N–H and O–H groups in total. The minimum absolute atomic E-state index is 0.0621. The predicted molar refractivity (Wildman–Crippen MR) is 114 cm³/mol. The zero-order valence-corrected chi connectivity index (χ0v) is 17.7. The first-order valence-corrected chi connectivity index (χ1v) is 10.8. The first kappa shape index (κ1) is 23.1. The molecule has 1 saturated carbocycles. The van der Waals surface area contributed by atoms with Crippen LogP contribution in [0.5, 0.6) is 0 Å². The summed E-state index contributed by atoms with van der Waals surface area (Å²) in [6.45, 7) is 3.55. The molecule has 2 rings (SSSR count). The standard InChI is InChI=1S/C24H34N2O3/c1-3-4-5-16-29-23-17-20(10-12-22(23)28-2)11-13-24(27)26-15-14-19-6-8-21(18-25)9-7-19/h6-9,11,13,20,22-23H,3-5,10,12,14-17H2,1-2H3,(H,26,27). The highest BCUT2D eigenvalue weighted by Crippen LogP contribution is 2.29. The van der Waals surface area contributed by atoms with Crippen molar-refractivity contribution in [3.63, 3.8) is 0 Å². The van der Waals surface area contributed by atoms with Crippen LogP contribution in [0.3, 0.4) is 0 Å². The Kier molecular flexibility index (Phi) is 10.5. The Balaban J connectivity index is 1.72. The maximum Gasteiger partial charge on any atom is 0.243 e. The van der Waals surface area contributed by atoms with E-state index >= 15 is 0 Å². The van der Waals surface area contributed by atoms with Crippen molar-refractivity contribution in [1.82, 2.24) is 5.32 Å². The zero-order chi connectivity index (χ0) is 20.9. The predicted octanol–water partition coefficient (Wildman–Crippen LogP) is 4.16. The van der Waals surface area contributed by atoms with Crippen molar-refractivity contribution in [3.8, 4) is 6.07 Å². The molecular weight excluding hydrogens is 364 g/mol. The number of amides is 1. The molecule has 158 valence electrons. The van der Waals surface area contributed by atoms with Crippen molar-refractivity contribution in [2.24, 2.45) is 5.92 Å². The summed E-state index contributed by atoms with van der Waals surface area (Å²) >= 11 is 0. The Labute approximate surface area is 175 Å². The number of rotatable bonds is 11. The van der Waals surface area contributed by atoms with Gasteiger partial charge in [0.2, 0.25) is 5.91 Å². The van der Waals surface area contributed by atoms with Crippen molar-refractivity contribution in [2.45, 2.75) is 64.1 Å². The van der Waals surface area contributed by atoms with Crippen LogP contribution in [0, 0.1) is 17.2 Å². The molecule has 1 fully saturated rings. The molecule has 0 bridgehead atoms. The van der Waals surface area contributed by atoms with Crippen LogP contribution in [-0.2, 0) is 20.7 Å². The lowest BCUT2D eigenvalue weighted by molar-refractivity contribution is -0.116. The maximum absolute atomic E-state index is 12.1. The van der Waals surface area contributed by atoms with Gasteiger partial charge in [0.05, 0.1) is 23.8 Å². The molecular formula is C24H34N2O3. The summed E-state index contributed by atoms with van der Waals surface area (Å²) in [6.07, 6.45) is 11.0. The highest BCUT2D eigenvalue weighted by molar-refractivity contribution is 5.87. The van der Waals surface area contributed by atoms with Gasteiger partial charge in [-0.15, -0.1) is 0 Å². The number of hydrogen-bond donors (Lipinski definition) is 1. The molecule has 1 aromatic rings. The average Bonchev–Trinajstić information content (AvgIpc) is 2.76. The third-order valence-corrected chi connectivity index (χ3v) is 5.47. The van der Waals surface area contributed by atoms with E-state index in [1.807, 2.05) is 18.2 Å². The highest BCUT2D eigenvalue weighted by Gasteiger charge is 2.30. The molecule has 3 atom stereocenters. The van der Waals surface area contributed by atoms with Gasteiger partial charge in [0.25, 0.3) is 0 Å². The van der Waals surface area contributed by atoms with Crippen LogP contribution < -0.4 is 5.32 Å². The number of unbranched alkanes of at least 4 members (excludes halogenated alkanes) is 2. The molecule has 0 aromatic heterocycles. The quantitative estimate of drug-likeness (QED) is 0.449. The summed E-state index contributed by atoms with van der Waals surface area (Å²) < 4.78 is 11.7. The Morgan fingerprint density at radius 2 is 2.03 bits per heavy atom. The highest BCUT2D eigenvalue weighted by atomic mass is 16.5. The molecule has 1 aliphatic rings. The number of ether oxygens (including phenoxy) is 2. The number of carbonyl (C=O) groups excluding carboxylic acids is 1. The molecule has 0 radical (unpaired) electrons. The van der Waals surface area contributed by atoms with Gasteiger partial charge < -0.3 is 14.8 Å². The molecule has 0 aliphatic heterocycles. The fourth-order valence-corrected chi connectivity index (χ4v) is 3.70. The summed E-state index contributed by atoms with van der Waals surface area (Å²) in [6, 6.07) is 9.56. The third-order valence-electron chi connectivity index (χ3n) is 5.47. The van der Waals surface area contributed by atoms with Gasteiger partial charge in [-0.1, -0.05) is 38.0 Å². The minimum atomic E-state index is -0.0621. The van der Waals surface area contributed by atoms with Crippen molar-refractivity contribution < 1.29 is 14.3 Å². The largest absolute Gasteiger partial charge is 0.379 e. The smallest absolute Gasteiger partial charge is 0.243 e. The lowest BCUT2D eigenvalue weighted by Gasteiger charge is -2.34. The normalized spacial score (nSPS) is 21.8. The van der Waals surface area contributed by atoms with Gasteiger partial charge in [0.1, 0.15) is 0 Å². The second-order valence-corrected chi connectivity index (χ2v) is 7.67. The Morgan fingerprint density at radius 3 is 2.72 bits per heavy atom. The van der Waals surface area contributed by atoms with Gasteiger partial charge in [-0.3, -0.25) is 4.79 Å². The van der Waals surface area contributed by atoms with Crippen LogP contribution in [0.1, 0.15) is 56.6 Å². The minimum Gasteiger partial charge on any atom is -0.379 e. The molecule has 0 spiro atoms. The summed E-state index contributed by atoms with van der Waals surface area (Å²) in [7, 11) is 1.75. The fourth-order valence-electron chi connectivity index (χ4n) is 3.70. The summed E-state index contributed by atoms with van der Waals surface area (Å²) in [5.74, 6) is 0.287. The van der Waals surface area contributed by atoms with E-state index in [9.17, 15) is 4.79 Å². The summed E-state index contributed by atoms with van der Waals surface area (Å²) in [5, 5.41) is 11.8. The average molecular weight is 399 g/mol. The molecule has 1 aliphatic carbocycles. The number of benzene rings is 1. The number of carbonyl (C=O) groups is 1. The van der Waals surface area contributed by atoms with E-state index in [4.69, 9.17) is 14.7 Å². The van der Waals surface area contributed by atoms with Crippen LogP contribution in [0.15, 0.2) is 36.4 Å². The number of nitriles is 1. The molecule has 5 nitrogen and oxygen atoms in total. The van der Waals surface area contributed by atoms with E-state index in [0.29, 0.717) is 18.0 Å². The maximum atomic E-state index is 12.1. The van der Waals surface area contributed by atoms with Gasteiger partial charge in [0, 0.05) is 20.3 Å². The molecule has 0 heterocycles.